The van der Waals surface area contributed by atoms with Gasteiger partial charge >= 0.3 is 0 Å². The van der Waals surface area contributed by atoms with Gasteiger partial charge in [-0.2, -0.15) is 0 Å². The minimum atomic E-state index is -0.330. The Labute approximate surface area is 199 Å². The average molecular weight is 476 g/mol. The van der Waals surface area contributed by atoms with Crippen LogP contribution in [0.4, 0.5) is 0 Å². The highest BCUT2D eigenvalue weighted by Gasteiger charge is 2.40. The van der Waals surface area contributed by atoms with Gasteiger partial charge in [-0.25, -0.2) is 0 Å². The normalized spacial score (nSPS) is 25.3. The van der Waals surface area contributed by atoms with E-state index in [1.165, 1.54) is 0 Å². The molecule has 3 aliphatic rings. The van der Waals surface area contributed by atoms with Crippen molar-refractivity contribution in [2.75, 3.05) is 27.0 Å². The molecule has 5 rings (SSSR count). The zero-order valence-corrected chi connectivity index (χ0v) is 19.7. The summed E-state index contributed by atoms with van der Waals surface area (Å²) in [5, 5.41) is 6.55. The molecular formula is C24H30ClN3O5. The smallest absolute Gasteiger partial charge is 0.263 e. The van der Waals surface area contributed by atoms with E-state index in [9.17, 15) is 9.59 Å². The van der Waals surface area contributed by atoms with Gasteiger partial charge in [-0.05, 0) is 74.0 Å². The molecule has 33 heavy (non-hydrogen) atoms. The highest BCUT2D eigenvalue weighted by Crippen LogP contribution is 2.34. The van der Waals surface area contributed by atoms with Crippen molar-refractivity contribution >= 4 is 18.3 Å². The van der Waals surface area contributed by atoms with Crippen molar-refractivity contribution in [3.8, 4) is 11.5 Å². The lowest BCUT2D eigenvalue weighted by Crippen LogP contribution is -2.51. The van der Waals surface area contributed by atoms with Gasteiger partial charge in [-0.15, -0.1) is 12.4 Å². The molecule has 2 aromatic rings. The largest absolute Gasteiger partial charge is 0.454 e. The monoisotopic (exact) mass is 475 g/mol. The van der Waals surface area contributed by atoms with Crippen molar-refractivity contribution < 1.29 is 19.0 Å². The Bertz CT molecular complexity index is 1090. The van der Waals surface area contributed by atoms with Crippen molar-refractivity contribution in [1.29, 1.82) is 0 Å². The molecule has 0 radical (unpaired) electrons. The summed E-state index contributed by atoms with van der Waals surface area (Å²) >= 11 is 0. The molecule has 1 aliphatic carbocycles. The second-order valence-electron chi connectivity index (χ2n) is 9.00. The molecule has 4 atom stereocenters. The van der Waals surface area contributed by atoms with Crippen LogP contribution in [0.1, 0.15) is 34.3 Å². The Balaban J connectivity index is 0.00000259. The molecule has 1 aromatic carbocycles. The van der Waals surface area contributed by atoms with E-state index in [1.807, 2.05) is 24.3 Å². The predicted octanol–water partition coefficient (Wildman–Crippen LogP) is 2.10. The number of aromatic nitrogens is 1. The fraction of sp³-hybridized carbons (Fsp3) is 0.500. The minimum Gasteiger partial charge on any atom is -0.454 e. The van der Waals surface area contributed by atoms with Gasteiger partial charge in [0.2, 0.25) is 6.79 Å². The van der Waals surface area contributed by atoms with Crippen LogP contribution in [0.25, 0.3) is 0 Å². The van der Waals surface area contributed by atoms with E-state index >= 15 is 0 Å². The quantitative estimate of drug-likeness (QED) is 0.688. The Morgan fingerprint density at radius 3 is 2.73 bits per heavy atom. The fourth-order valence-corrected chi connectivity index (χ4v) is 5.23. The second kappa shape index (κ2) is 9.75. The second-order valence-corrected chi connectivity index (χ2v) is 9.00. The number of halogens is 1. The van der Waals surface area contributed by atoms with Crippen LogP contribution in [0.2, 0.25) is 0 Å². The number of hydrogen-bond donors (Lipinski definition) is 2. The molecule has 8 nitrogen and oxygen atoms in total. The van der Waals surface area contributed by atoms with Crippen LogP contribution < -0.4 is 25.7 Å². The Morgan fingerprint density at radius 2 is 1.94 bits per heavy atom. The molecular weight excluding hydrogens is 446 g/mol. The minimum absolute atomic E-state index is 0. The summed E-state index contributed by atoms with van der Waals surface area (Å²) in [6.07, 6.45) is 3.47. The number of nitrogens with one attached hydrogen (secondary N) is 2. The van der Waals surface area contributed by atoms with Crippen LogP contribution in [-0.2, 0) is 11.3 Å². The summed E-state index contributed by atoms with van der Waals surface area (Å²) in [4.78, 5) is 26.5. The Hall–Kier alpha value is -2.55. The number of ether oxygens (including phenoxy) is 3. The van der Waals surface area contributed by atoms with Crippen LogP contribution in [0.3, 0.4) is 0 Å². The van der Waals surface area contributed by atoms with E-state index < -0.39 is 0 Å². The van der Waals surface area contributed by atoms with E-state index in [1.54, 1.807) is 24.8 Å². The van der Waals surface area contributed by atoms with E-state index in [0.717, 1.165) is 31.5 Å². The molecule has 2 aliphatic heterocycles. The zero-order chi connectivity index (χ0) is 22.2. The molecule has 3 heterocycles. The third kappa shape index (κ3) is 4.60. The highest BCUT2D eigenvalue weighted by atomic mass is 35.5. The number of methoxy groups -OCH3 is 1. The number of benzene rings is 1. The lowest BCUT2D eigenvalue weighted by atomic mass is 9.77. The van der Waals surface area contributed by atoms with Crippen molar-refractivity contribution in [1.82, 2.24) is 15.2 Å². The summed E-state index contributed by atoms with van der Waals surface area (Å²) in [5.74, 6) is 2.16. The third-order valence-corrected chi connectivity index (χ3v) is 7.03. The standard InChI is InChI=1S/C24H29N3O5.ClH/c1-14-5-6-27(12-15-3-4-19-21(7-15)32-13-31-19)24(29)22(14)23(28)26-18-8-16-10-25-11-17(16)9-20(18)30-2;/h3-7,16-18,20,25H,8-13H2,1-2H3,(H,26,28);1H/t16-,17+,18-,20-;/m0./s1. The number of pyridine rings is 1. The highest BCUT2D eigenvalue weighted by molar-refractivity contribution is 5.95. The van der Waals surface area contributed by atoms with Gasteiger partial charge in [0.05, 0.1) is 18.7 Å². The first-order valence-corrected chi connectivity index (χ1v) is 11.2. The van der Waals surface area contributed by atoms with Crippen molar-refractivity contribution in [2.24, 2.45) is 11.8 Å². The van der Waals surface area contributed by atoms with Crippen molar-refractivity contribution in [3.63, 3.8) is 0 Å². The number of aryl methyl sites for hydroxylation is 1. The summed E-state index contributed by atoms with van der Waals surface area (Å²) < 4.78 is 18.0. The van der Waals surface area contributed by atoms with Gasteiger partial charge in [0.15, 0.2) is 11.5 Å². The molecule has 0 bridgehead atoms. The lowest BCUT2D eigenvalue weighted by Gasteiger charge is -2.37. The van der Waals surface area contributed by atoms with Crippen LogP contribution in [0.15, 0.2) is 35.3 Å². The van der Waals surface area contributed by atoms with E-state index in [4.69, 9.17) is 14.2 Å². The molecule has 2 N–H and O–H groups in total. The molecule has 1 saturated carbocycles. The number of amides is 1. The summed E-state index contributed by atoms with van der Waals surface area (Å²) in [6.45, 7) is 4.32. The van der Waals surface area contributed by atoms with Crippen molar-refractivity contribution in [2.45, 2.75) is 38.5 Å². The first-order valence-electron chi connectivity index (χ1n) is 11.2. The predicted molar refractivity (Wildman–Crippen MR) is 125 cm³/mol. The van der Waals surface area contributed by atoms with Gasteiger partial charge in [0, 0.05) is 13.3 Å². The maximum atomic E-state index is 13.2. The van der Waals surface area contributed by atoms with Gasteiger partial charge in [0.1, 0.15) is 5.56 Å². The first-order chi connectivity index (χ1) is 15.5. The summed E-state index contributed by atoms with van der Waals surface area (Å²) in [7, 11) is 1.69. The fourth-order valence-electron chi connectivity index (χ4n) is 5.23. The first kappa shape index (κ1) is 23.6. The Morgan fingerprint density at radius 1 is 1.18 bits per heavy atom. The van der Waals surface area contributed by atoms with Crippen molar-refractivity contribution in [3.05, 3.63) is 57.5 Å². The molecule has 1 aromatic heterocycles. The molecule has 9 heteroatoms. The molecule has 0 spiro atoms. The molecule has 1 amide bonds. The van der Waals surface area contributed by atoms with E-state index in [-0.39, 0.29) is 48.4 Å². The number of fused-ring (bicyclic) bond motifs is 2. The average Bonchev–Trinajstić information content (AvgIpc) is 3.43. The van der Waals surface area contributed by atoms with E-state index in [0.29, 0.717) is 35.4 Å². The topological polar surface area (TPSA) is 90.8 Å². The maximum absolute atomic E-state index is 13.2. The molecule has 2 fully saturated rings. The van der Waals surface area contributed by atoms with Gasteiger partial charge in [0.25, 0.3) is 11.5 Å². The number of rotatable bonds is 5. The third-order valence-electron chi connectivity index (χ3n) is 7.03. The number of carbonyl (C=O) groups excluding carboxylic acids is 1. The van der Waals surface area contributed by atoms with Crippen LogP contribution in [-0.4, -0.2) is 49.6 Å². The van der Waals surface area contributed by atoms with Gasteiger partial charge < -0.3 is 29.4 Å². The van der Waals surface area contributed by atoms with Gasteiger partial charge in [-0.1, -0.05) is 6.07 Å². The van der Waals surface area contributed by atoms with Crippen LogP contribution in [0, 0.1) is 18.8 Å². The molecule has 178 valence electrons. The number of carbonyl (C=O) groups is 1. The van der Waals surface area contributed by atoms with Gasteiger partial charge in [-0.3, -0.25) is 9.59 Å². The molecule has 1 saturated heterocycles. The zero-order valence-electron chi connectivity index (χ0n) is 18.8. The SMILES string of the molecule is CO[C@H]1C[C@@H]2CNC[C@@H]2C[C@@H]1NC(=O)c1c(C)ccn(Cc2ccc3c(c2)OCO3)c1=O.Cl. The summed E-state index contributed by atoms with van der Waals surface area (Å²) in [5.41, 5.74) is 1.46. The summed E-state index contributed by atoms with van der Waals surface area (Å²) in [6, 6.07) is 7.32. The number of nitrogens with zero attached hydrogens (tertiary/aromatic N) is 1. The van der Waals surface area contributed by atoms with Crippen LogP contribution >= 0.6 is 12.4 Å². The van der Waals surface area contributed by atoms with E-state index in [2.05, 4.69) is 10.6 Å². The Kier molecular flexibility index (Phi) is 6.97. The van der Waals surface area contributed by atoms with Crippen LogP contribution in [0.5, 0.6) is 11.5 Å². The maximum Gasteiger partial charge on any atom is 0.263 e. The molecule has 0 unspecified atom stereocenters. The lowest BCUT2D eigenvalue weighted by molar-refractivity contribution is 0.0125. The number of hydrogen-bond acceptors (Lipinski definition) is 6.